The Morgan fingerprint density at radius 2 is 1.20 bits per heavy atom. The first kappa shape index (κ1) is 17.6. The van der Waals surface area contributed by atoms with Gasteiger partial charge in [0, 0.05) is 0 Å². The first-order chi connectivity index (χ1) is 8.99. The lowest BCUT2D eigenvalue weighted by atomic mass is 10.2. The third-order valence-electron chi connectivity index (χ3n) is 2.40. The molecule has 0 atom stereocenters. The van der Waals surface area contributed by atoms with Crippen LogP contribution in [-0.2, 0) is 8.23 Å². The highest BCUT2D eigenvalue weighted by molar-refractivity contribution is 6.90. The maximum absolute atomic E-state index is 6.43. The normalized spacial score (nSPS) is 13.9. The fraction of sp³-hybridized carbons (Fsp3) is 0.467. The second-order valence-electron chi connectivity index (χ2n) is 7.19. The van der Waals surface area contributed by atoms with Gasteiger partial charge in [-0.3, -0.25) is 0 Å². The van der Waals surface area contributed by atoms with Crippen molar-refractivity contribution in [2.45, 2.75) is 45.8 Å². The van der Waals surface area contributed by atoms with Crippen LogP contribution in [0.15, 0.2) is 36.0 Å². The van der Waals surface area contributed by atoms with Gasteiger partial charge in [-0.25, -0.2) is 0 Å². The number of hydrogen-bond donors (Lipinski definition) is 0. The van der Waals surface area contributed by atoms with Crippen molar-refractivity contribution < 1.29 is 8.23 Å². The van der Waals surface area contributed by atoms with Crippen LogP contribution < -0.4 is 0 Å². The molecule has 1 aromatic rings. The van der Waals surface area contributed by atoms with Crippen LogP contribution in [0.2, 0.25) is 45.8 Å². The van der Waals surface area contributed by atoms with E-state index in [4.69, 9.17) is 8.23 Å². The van der Waals surface area contributed by atoms with E-state index in [9.17, 15) is 0 Å². The number of hydrogen-bond acceptors (Lipinski definition) is 2. The Balaban J connectivity index is 2.96. The Labute approximate surface area is 127 Å². The summed E-state index contributed by atoms with van der Waals surface area (Å²) in [5.41, 5.74) is 3.39. The minimum atomic E-state index is -2.26. The molecule has 112 valence electrons. The highest BCUT2D eigenvalue weighted by Gasteiger charge is 2.38. The topological polar surface area (TPSA) is 18.5 Å². The molecule has 0 unspecified atom stereocenters. The van der Waals surface area contributed by atoms with Crippen molar-refractivity contribution in [2.75, 3.05) is 0 Å². The van der Waals surface area contributed by atoms with Gasteiger partial charge < -0.3 is 8.23 Å². The van der Waals surface area contributed by atoms with Crippen molar-refractivity contribution in [3.05, 3.63) is 41.6 Å². The molecule has 1 aromatic carbocycles. The summed E-state index contributed by atoms with van der Waals surface area (Å²) < 4.78 is 12.9. The minimum Gasteiger partial charge on any atom is -0.434 e. The van der Waals surface area contributed by atoms with Crippen LogP contribution in [0.5, 0.6) is 0 Å². The van der Waals surface area contributed by atoms with Crippen molar-refractivity contribution in [1.82, 2.24) is 0 Å². The average Bonchev–Trinajstić information content (AvgIpc) is 2.23. The predicted octanol–water partition coefficient (Wildman–Crippen LogP) is 5.01. The molecular formula is C15H28O2Si3. The van der Waals surface area contributed by atoms with Crippen LogP contribution in [0.4, 0.5) is 0 Å². The van der Waals surface area contributed by atoms with Gasteiger partial charge in [0.2, 0.25) is 0 Å². The van der Waals surface area contributed by atoms with Gasteiger partial charge in [-0.15, -0.1) is 0 Å². The largest absolute Gasteiger partial charge is 0.434 e. The Kier molecular flexibility index (Phi) is 5.74. The van der Waals surface area contributed by atoms with Crippen LogP contribution in [-0.4, -0.2) is 25.2 Å². The lowest BCUT2D eigenvalue weighted by molar-refractivity contribution is 0.403. The lowest BCUT2D eigenvalue weighted by Crippen LogP contribution is -2.51. The van der Waals surface area contributed by atoms with E-state index in [1.807, 2.05) is 6.07 Å². The highest BCUT2D eigenvalue weighted by Crippen LogP contribution is 2.22. The summed E-state index contributed by atoms with van der Waals surface area (Å²) in [6, 6.07) is 10.3. The SMILES string of the molecule is C[Si](C)(C)O[Si](C)(C=Cc1ccccc1)O[Si](C)(C)C. The van der Waals surface area contributed by atoms with Crippen LogP contribution in [0.25, 0.3) is 6.08 Å². The molecular weight excluding hydrogens is 296 g/mol. The summed E-state index contributed by atoms with van der Waals surface area (Å²) in [5.74, 6) is 0. The fourth-order valence-corrected chi connectivity index (χ4v) is 13.4. The van der Waals surface area contributed by atoms with E-state index in [0.717, 1.165) is 0 Å². The Hall–Kier alpha value is -0.469. The average molecular weight is 325 g/mol. The molecule has 5 heteroatoms. The quantitative estimate of drug-likeness (QED) is 0.684. The molecule has 0 N–H and O–H groups in total. The van der Waals surface area contributed by atoms with E-state index in [2.05, 4.69) is 81.9 Å². The van der Waals surface area contributed by atoms with Crippen LogP contribution in [0.1, 0.15) is 5.56 Å². The molecule has 20 heavy (non-hydrogen) atoms. The first-order valence-corrected chi connectivity index (χ1v) is 16.3. The molecule has 2 nitrogen and oxygen atoms in total. The molecule has 0 saturated carbocycles. The molecule has 0 fully saturated rings. The third kappa shape index (κ3) is 7.35. The van der Waals surface area contributed by atoms with Crippen molar-refractivity contribution in [3.63, 3.8) is 0 Å². The van der Waals surface area contributed by atoms with Crippen LogP contribution in [0, 0.1) is 0 Å². The van der Waals surface area contributed by atoms with Crippen molar-refractivity contribution in [1.29, 1.82) is 0 Å². The molecule has 0 aliphatic carbocycles. The summed E-state index contributed by atoms with van der Waals surface area (Å²) in [6.07, 6.45) is 2.15. The molecule has 0 saturated heterocycles. The molecule has 0 aliphatic rings. The molecule has 0 heterocycles. The zero-order valence-electron chi connectivity index (χ0n) is 13.9. The van der Waals surface area contributed by atoms with Gasteiger partial charge >= 0.3 is 8.56 Å². The lowest BCUT2D eigenvalue weighted by Gasteiger charge is -2.36. The van der Waals surface area contributed by atoms with E-state index >= 15 is 0 Å². The second kappa shape index (κ2) is 6.53. The zero-order valence-corrected chi connectivity index (χ0v) is 16.9. The van der Waals surface area contributed by atoms with Gasteiger partial charge in [-0.2, -0.15) is 0 Å². The van der Waals surface area contributed by atoms with Gasteiger partial charge in [-0.1, -0.05) is 36.4 Å². The Bertz CT molecular complexity index is 428. The van der Waals surface area contributed by atoms with Gasteiger partial charge in [0.1, 0.15) is 0 Å². The molecule has 0 aromatic heterocycles. The molecule has 0 radical (unpaired) electrons. The van der Waals surface area contributed by atoms with Gasteiger partial charge in [0.15, 0.2) is 16.6 Å². The summed E-state index contributed by atoms with van der Waals surface area (Å²) in [4.78, 5) is 0. The maximum atomic E-state index is 6.43. The molecule has 0 bridgehead atoms. The van der Waals surface area contributed by atoms with E-state index in [1.165, 1.54) is 5.56 Å². The maximum Gasteiger partial charge on any atom is 0.341 e. The Morgan fingerprint density at radius 3 is 1.60 bits per heavy atom. The summed E-state index contributed by atoms with van der Waals surface area (Å²) in [7, 11) is -5.51. The van der Waals surface area contributed by atoms with Crippen LogP contribution >= 0.6 is 0 Å². The van der Waals surface area contributed by atoms with Gasteiger partial charge in [-0.05, 0) is 57.1 Å². The van der Waals surface area contributed by atoms with E-state index in [0.29, 0.717) is 0 Å². The first-order valence-electron chi connectivity index (χ1n) is 7.14. The summed E-state index contributed by atoms with van der Waals surface area (Å²) >= 11 is 0. The predicted molar refractivity (Wildman–Crippen MR) is 96.0 cm³/mol. The number of benzene rings is 1. The van der Waals surface area contributed by atoms with E-state index < -0.39 is 25.2 Å². The van der Waals surface area contributed by atoms with Gasteiger partial charge in [0.05, 0.1) is 0 Å². The fourth-order valence-electron chi connectivity index (χ4n) is 2.12. The van der Waals surface area contributed by atoms with Crippen LogP contribution in [0.3, 0.4) is 0 Å². The highest BCUT2D eigenvalue weighted by atomic mass is 28.5. The van der Waals surface area contributed by atoms with E-state index in [1.54, 1.807) is 0 Å². The second-order valence-corrected chi connectivity index (χ2v) is 19.6. The smallest absolute Gasteiger partial charge is 0.341 e. The minimum absolute atomic E-state index is 1.20. The number of rotatable bonds is 6. The standard InChI is InChI=1S/C15H28O2Si3/c1-18(2,3)16-20(7,17-19(4,5)6)14-13-15-11-9-8-10-12-15/h8-14H,1-7H3. The summed E-state index contributed by atoms with van der Waals surface area (Å²) in [5, 5.41) is 0. The van der Waals surface area contributed by atoms with Gasteiger partial charge in [0.25, 0.3) is 0 Å². The summed E-state index contributed by atoms with van der Waals surface area (Å²) in [6.45, 7) is 15.5. The molecule has 0 amide bonds. The van der Waals surface area contributed by atoms with Crippen molar-refractivity contribution >= 4 is 31.3 Å². The Morgan fingerprint density at radius 1 is 0.750 bits per heavy atom. The van der Waals surface area contributed by atoms with Crippen molar-refractivity contribution in [3.8, 4) is 0 Å². The zero-order chi connectivity index (χ0) is 15.4. The van der Waals surface area contributed by atoms with E-state index in [-0.39, 0.29) is 0 Å². The monoisotopic (exact) mass is 324 g/mol. The van der Waals surface area contributed by atoms with Crippen molar-refractivity contribution in [2.24, 2.45) is 0 Å². The molecule has 1 rings (SSSR count). The third-order valence-corrected chi connectivity index (χ3v) is 11.3. The molecule has 0 spiro atoms. The molecule has 0 aliphatic heterocycles.